The Bertz CT molecular complexity index is 393. The van der Waals surface area contributed by atoms with Crippen LogP contribution in [0.5, 0.6) is 0 Å². The number of hydrogen-bond acceptors (Lipinski definition) is 1. The van der Waals surface area contributed by atoms with Gasteiger partial charge in [-0.2, -0.15) is 13.2 Å². The molecule has 0 fully saturated rings. The summed E-state index contributed by atoms with van der Waals surface area (Å²) in [4.78, 5) is 10.6. The second-order valence-corrected chi connectivity index (χ2v) is 3.08. The average molecular weight is 242 g/mol. The molecule has 0 aliphatic rings. The number of hydrogen-bond donors (Lipinski definition) is 1. The molecule has 0 aromatic heterocycles. The number of primary amides is 1. The predicted octanol–water partition coefficient (Wildman–Crippen LogP) is 2.60. The Balaban J connectivity index is 3.39. The van der Waals surface area contributed by atoms with E-state index >= 15 is 0 Å². The van der Waals surface area contributed by atoms with Crippen LogP contribution in [0.3, 0.4) is 0 Å². The third kappa shape index (κ3) is 2.38. The third-order valence-corrected chi connectivity index (χ3v) is 1.91. The summed E-state index contributed by atoms with van der Waals surface area (Å²) in [7, 11) is 0. The first-order valence-electron chi connectivity index (χ1n) is 3.59. The van der Waals surface area contributed by atoms with Crippen molar-refractivity contribution < 1.29 is 22.4 Å². The lowest BCUT2D eigenvalue weighted by Gasteiger charge is -2.09. The van der Waals surface area contributed by atoms with Crippen molar-refractivity contribution in [2.24, 2.45) is 5.73 Å². The van der Waals surface area contributed by atoms with Crippen LogP contribution in [0.1, 0.15) is 15.9 Å². The molecule has 0 bridgehead atoms. The monoisotopic (exact) mass is 241 g/mol. The van der Waals surface area contributed by atoms with Gasteiger partial charge in [-0.05, 0) is 12.1 Å². The Kier molecular flexibility index (Phi) is 2.90. The van der Waals surface area contributed by atoms with E-state index in [0.717, 1.165) is 0 Å². The summed E-state index contributed by atoms with van der Waals surface area (Å²) in [6.07, 6.45) is -4.72. The van der Waals surface area contributed by atoms with E-state index in [1.165, 1.54) is 0 Å². The lowest BCUT2D eigenvalue weighted by Crippen LogP contribution is -2.15. The zero-order chi connectivity index (χ0) is 11.8. The Morgan fingerprint density at radius 1 is 1.33 bits per heavy atom. The van der Waals surface area contributed by atoms with Crippen molar-refractivity contribution in [2.75, 3.05) is 0 Å². The summed E-state index contributed by atoms with van der Waals surface area (Å²) < 4.78 is 49.4. The third-order valence-electron chi connectivity index (χ3n) is 1.62. The number of benzene rings is 1. The van der Waals surface area contributed by atoms with Crippen molar-refractivity contribution in [2.45, 2.75) is 6.18 Å². The first-order chi connectivity index (χ1) is 6.73. The van der Waals surface area contributed by atoms with Gasteiger partial charge in [0.15, 0.2) is 0 Å². The molecule has 1 amide bonds. The molecule has 0 atom stereocenters. The molecular formula is C8H4ClF4NO. The molecular weight excluding hydrogens is 238 g/mol. The Labute approximate surface area is 86.6 Å². The number of carbonyl (C=O) groups excluding carboxylic acids is 1. The molecule has 0 heterocycles. The quantitative estimate of drug-likeness (QED) is 0.755. The SMILES string of the molecule is NC(=O)c1c(F)cc(C(F)(F)F)cc1Cl. The maximum Gasteiger partial charge on any atom is 0.416 e. The van der Waals surface area contributed by atoms with Crippen LogP contribution < -0.4 is 5.73 Å². The Hall–Kier alpha value is -1.30. The van der Waals surface area contributed by atoms with Crippen molar-refractivity contribution in [1.82, 2.24) is 0 Å². The van der Waals surface area contributed by atoms with Gasteiger partial charge in [0.05, 0.1) is 16.1 Å². The normalized spacial score (nSPS) is 11.5. The fourth-order valence-corrected chi connectivity index (χ4v) is 1.27. The predicted molar refractivity (Wildman–Crippen MR) is 44.9 cm³/mol. The highest BCUT2D eigenvalue weighted by Crippen LogP contribution is 2.33. The van der Waals surface area contributed by atoms with Crippen molar-refractivity contribution in [3.63, 3.8) is 0 Å². The molecule has 1 aromatic carbocycles. The van der Waals surface area contributed by atoms with Gasteiger partial charge in [-0.3, -0.25) is 4.79 Å². The molecule has 2 nitrogen and oxygen atoms in total. The van der Waals surface area contributed by atoms with Crippen LogP contribution in [0.25, 0.3) is 0 Å². The van der Waals surface area contributed by atoms with E-state index in [9.17, 15) is 22.4 Å². The summed E-state index contributed by atoms with van der Waals surface area (Å²) in [5.74, 6) is -2.60. The summed E-state index contributed by atoms with van der Waals surface area (Å²) in [5, 5.41) is -0.658. The highest BCUT2D eigenvalue weighted by Gasteiger charge is 2.32. The van der Waals surface area contributed by atoms with Crippen LogP contribution >= 0.6 is 11.6 Å². The van der Waals surface area contributed by atoms with Gasteiger partial charge in [0, 0.05) is 0 Å². The smallest absolute Gasteiger partial charge is 0.365 e. The van der Waals surface area contributed by atoms with Gasteiger partial charge in [-0.25, -0.2) is 4.39 Å². The molecule has 0 saturated carbocycles. The van der Waals surface area contributed by atoms with Gasteiger partial charge in [-0.15, -0.1) is 0 Å². The lowest BCUT2D eigenvalue weighted by atomic mass is 10.1. The summed E-state index contributed by atoms with van der Waals surface area (Å²) in [6, 6.07) is 0.622. The average Bonchev–Trinajstić information content (AvgIpc) is 1.99. The van der Waals surface area contributed by atoms with Gasteiger partial charge >= 0.3 is 6.18 Å². The maximum absolute atomic E-state index is 13.0. The second-order valence-electron chi connectivity index (χ2n) is 2.68. The molecule has 1 rings (SSSR count). The second kappa shape index (κ2) is 3.69. The van der Waals surface area contributed by atoms with E-state index in [1.807, 2.05) is 0 Å². The van der Waals surface area contributed by atoms with Gasteiger partial charge in [0.25, 0.3) is 5.91 Å². The Morgan fingerprint density at radius 2 is 1.87 bits per heavy atom. The molecule has 0 saturated heterocycles. The molecule has 0 aliphatic heterocycles. The molecule has 2 N–H and O–H groups in total. The zero-order valence-corrected chi connectivity index (χ0v) is 7.79. The summed E-state index contributed by atoms with van der Waals surface area (Å²) >= 11 is 5.29. The van der Waals surface area contributed by atoms with Crippen molar-refractivity contribution in [1.29, 1.82) is 0 Å². The van der Waals surface area contributed by atoms with Gasteiger partial charge in [0.1, 0.15) is 5.82 Å². The molecule has 1 aromatic rings. The van der Waals surface area contributed by atoms with Crippen LogP contribution in [0.15, 0.2) is 12.1 Å². The number of nitrogens with two attached hydrogens (primary N) is 1. The van der Waals surface area contributed by atoms with Crippen LogP contribution in [0.2, 0.25) is 5.02 Å². The van der Waals surface area contributed by atoms with Crippen molar-refractivity contribution in [3.8, 4) is 0 Å². The molecule has 7 heteroatoms. The fraction of sp³-hybridized carbons (Fsp3) is 0.125. The van der Waals surface area contributed by atoms with Crippen LogP contribution in [0, 0.1) is 5.82 Å². The van der Waals surface area contributed by atoms with E-state index in [2.05, 4.69) is 0 Å². The summed E-state index contributed by atoms with van der Waals surface area (Å²) in [5.41, 5.74) is 2.72. The minimum Gasteiger partial charge on any atom is -0.365 e. The number of carbonyl (C=O) groups is 1. The Morgan fingerprint density at radius 3 is 2.20 bits per heavy atom. The van der Waals surface area contributed by atoms with E-state index < -0.39 is 34.1 Å². The molecule has 15 heavy (non-hydrogen) atoms. The van der Waals surface area contributed by atoms with Crippen LogP contribution in [0.4, 0.5) is 17.6 Å². The zero-order valence-electron chi connectivity index (χ0n) is 7.03. The van der Waals surface area contributed by atoms with Crippen molar-refractivity contribution in [3.05, 3.63) is 34.1 Å². The van der Waals surface area contributed by atoms with Gasteiger partial charge < -0.3 is 5.73 Å². The molecule has 0 spiro atoms. The van der Waals surface area contributed by atoms with E-state index in [4.69, 9.17) is 17.3 Å². The molecule has 82 valence electrons. The minimum absolute atomic E-state index is 0.173. The first kappa shape index (κ1) is 11.8. The lowest BCUT2D eigenvalue weighted by molar-refractivity contribution is -0.137. The fourth-order valence-electron chi connectivity index (χ4n) is 0.972. The topological polar surface area (TPSA) is 43.1 Å². The maximum atomic E-state index is 13.0. The standard InChI is InChI=1S/C8H4ClF4NO/c9-4-1-3(8(11,12)13)2-5(10)6(4)7(14)15/h1-2H,(H2,14,15). The number of alkyl halides is 3. The van der Waals surface area contributed by atoms with Crippen LogP contribution in [-0.2, 0) is 6.18 Å². The number of halogens is 5. The first-order valence-corrected chi connectivity index (χ1v) is 3.97. The number of amides is 1. The van der Waals surface area contributed by atoms with Gasteiger partial charge in [-0.1, -0.05) is 11.6 Å². The largest absolute Gasteiger partial charge is 0.416 e. The molecule has 0 unspecified atom stereocenters. The minimum atomic E-state index is -4.72. The van der Waals surface area contributed by atoms with E-state index in [0.29, 0.717) is 6.07 Å². The molecule has 0 aliphatic carbocycles. The highest BCUT2D eigenvalue weighted by molar-refractivity contribution is 6.33. The summed E-state index contributed by atoms with van der Waals surface area (Å²) in [6.45, 7) is 0. The van der Waals surface area contributed by atoms with Gasteiger partial charge in [0.2, 0.25) is 0 Å². The molecule has 0 radical (unpaired) electrons. The van der Waals surface area contributed by atoms with Crippen LogP contribution in [-0.4, -0.2) is 5.91 Å². The van der Waals surface area contributed by atoms with E-state index in [-0.39, 0.29) is 6.07 Å². The van der Waals surface area contributed by atoms with E-state index in [1.54, 1.807) is 0 Å². The van der Waals surface area contributed by atoms with Crippen molar-refractivity contribution >= 4 is 17.5 Å². The number of rotatable bonds is 1. The highest BCUT2D eigenvalue weighted by atomic mass is 35.5.